The molecule has 0 bridgehead atoms. The first-order chi connectivity index (χ1) is 10.5. The molecule has 2 heterocycles. The smallest absolute Gasteiger partial charge is 0.322 e. The third kappa shape index (κ3) is 2.73. The van der Waals surface area contributed by atoms with Gasteiger partial charge in [-0.25, -0.2) is 0 Å². The van der Waals surface area contributed by atoms with Gasteiger partial charge in [0.2, 0.25) is 5.89 Å². The van der Waals surface area contributed by atoms with E-state index in [1.165, 1.54) is 0 Å². The number of aromatic nitrogens is 4. The maximum absolute atomic E-state index is 12.1. The summed E-state index contributed by atoms with van der Waals surface area (Å²) >= 11 is 0. The topological polar surface area (TPSA) is 85.8 Å². The van der Waals surface area contributed by atoms with E-state index in [1.807, 2.05) is 38.1 Å². The molecule has 0 saturated carbocycles. The van der Waals surface area contributed by atoms with Gasteiger partial charge in [0.05, 0.1) is 0 Å². The fourth-order valence-electron chi connectivity index (χ4n) is 2.16. The second-order valence-electron chi connectivity index (χ2n) is 5.07. The first-order valence-corrected chi connectivity index (χ1v) is 6.75. The maximum Gasteiger partial charge on any atom is 0.322 e. The molecule has 1 amide bonds. The summed E-state index contributed by atoms with van der Waals surface area (Å²) in [5.41, 5.74) is 3.00. The maximum atomic E-state index is 12.1. The number of nitrogens with one attached hydrogen (secondary N) is 1. The van der Waals surface area contributed by atoms with Gasteiger partial charge in [0.25, 0.3) is 5.91 Å². The zero-order valence-electron chi connectivity index (χ0n) is 12.5. The van der Waals surface area contributed by atoms with Crippen LogP contribution in [0, 0.1) is 13.8 Å². The number of amides is 1. The van der Waals surface area contributed by atoms with E-state index >= 15 is 0 Å². The molecule has 0 saturated heterocycles. The minimum absolute atomic E-state index is 0.0477. The fraction of sp³-hybridized carbons (Fsp3) is 0.200. The second-order valence-corrected chi connectivity index (χ2v) is 5.07. The zero-order chi connectivity index (χ0) is 15.7. The Labute approximate surface area is 127 Å². The Kier molecular flexibility index (Phi) is 3.46. The molecule has 0 aliphatic heterocycles. The monoisotopic (exact) mass is 297 g/mol. The number of benzene rings is 1. The summed E-state index contributed by atoms with van der Waals surface area (Å²) in [7, 11) is 1.76. The molecule has 0 spiro atoms. The molecular weight excluding hydrogens is 282 g/mol. The van der Waals surface area contributed by atoms with E-state index in [1.54, 1.807) is 17.9 Å². The number of hydrogen-bond donors (Lipinski definition) is 1. The van der Waals surface area contributed by atoms with Crippen molar-refractivity contribution in [2.24, 2.45) is 7.05 Å². The molecule has 1 N–H and O–H groups in total. The molecule has 22 heavy (non-hydrogen) atoms. The van der Waals surface area contributed by atoms with Crippen molar-refractivity contribution < 1.29 is 9.21 Å². The van der Waals surface area contributed by atoms with E-state index in [9.17, 15) is 4.79 Å². The third-order valence-electron chi connectivity index (χ3n) is 3.14. The highest BCUT2D eigenvalue weighted by atomic mass is 16.4. The largest absolute Gasteiger partial charge is 0.403 e. The molecule has 3 rings (SSSR count). The van der Waals surface area contributed by atoms with Crippen molar-refractivity contribution >= 4 is 11.9 Å². The highest BCUT2D eigenvalue weighted by molar-refractivity contribution is 6.02. The lowest BCUT2D eigenvalue weighted by molar-refractivity contribution is 0.101. The molecule has 7 heteroatoms. The number of hydrogen-bond acceptors (Lipinski definition) is 5. The van der Waals surface area contributed by atoms with Crippen LogP contribution >= 0.6 is 0 Å². The van der Waals surface area contributed by atoms with Crippen molar-refractivity contribution in [1.29, 1.82) is 0 Å². The molecule has 7 nitrogen and oxygen atoms in total. The molecule has 0 aliphatic carbocycles. The summed E-state index contributed by atoms with van der Waals surface area (Å²) in [6, 6.07) is 7.74. The van der Waals surface area contributed by atoms with Gasteiger partial charge >= 0.3 is 6.01 Å². The predicted molar refractivity (Wildman–Crippen MR) is 80.4 cm³/mol. The fourth-order valence-corrected chi connectivity index (χ4v) is 2.16. The van der Waals surface area contributed by atoms with Crippen molar-refractivity contribution in [1.82, 2.24) is 20.0 Å². The molecule has 2 aromatic heterocycles. The Morgan fingerprint density at radius 2 is 2.09 bits per heavy atom. The Balaban J connectivity index is 1.80. The summed E-state index contributed by atoms with van der Waals surface area (Å²) in [5.74, 6) is -0.0192. The van der Waals surface area contributed by atoms with Gasteiger partial charge in [-0.1, -0.05) is 22.8 Å². The van der Waals surface area contributed by atoms with Gasteiger partial charge in [-0.05, 0) is 26.0 Å². The summed E-state index contributed by atoms with van der Waals surface area (Å²) in [5, 5.41) is 14.4. The number of anilines is 1. The van der Waals surface area contributed by atoms with Gasteiger partial charge in [0, 0.05) is 24.4 Å². The lowest BCUT2D eigenvalue weighted by atomic mass is 10.1. The number of nitrogens with zero attached hydrogens (tertiary/aromatic N) is 4. The van der Waals surface area contributed by atoms with Crippen LogP contribution in [0.3, 0.4) is 0 Å². The van der Waals surface area contributed by atoms with Crippen LogP contribution < -0.4 is 5.32 Å². The molecule has 1 aromatic carbocycles. The minimum atomic E-state index is -0.377. The van der Waals surface area contributed by atoms with Crippen LogP contribution in [0.25, 0.3) is 11.5 Å². The molecule has 0 fully saturated rings. The summed E-state index contributed by atoms with van der Waals surface area (Å²) in [6.07, 6.45) is 1.76. The quantitative estimate of drug-likeness (QED) is 0.802. The van der Waals surface area contributed by atoms with Crippen molar-refractivity contribution in [3.8, 4) is 11.5 Å². The van der Waals surface area contributed by atoms with Crippen molar-refractivity contribution in [3.05, 3.63) is 47.3 Å². The molecule has 0 unspecified atom stereocenters. The first kappa shape index (κ1) is 14.0. The Hall–Kier alpha value is -2.96. The minimum Gasteiger partial charge on any atom is -0.403 e. The first-order valence-electron chi connectivity index (χ1n) is 6.75. The van der Waals surface area contributed by atoms with Crippen LogP contribution in [-0.2, 0) is 7.05 Å². The van der Waals surface area contributed by atoms with Crippen LogP contribution in [0.4, 0.5) is 6.01 Å². The molecule has 0 aliphatic rings. The summed E-state index contributed by atoms with van der Waals surface area (Å²) < 4.78 is 7.05. The van der Waals surface area contributed by atoms with Gasteiger partial charge in [-0.15, -0.1) is 5.10 Å². The van der Waals surface area contributed by atoms with E-state index in [0.717, 1.165) is 16.7 Å². The number of carbonyl (C=O) groups excluding carboxylic acids is 1. The SMILES string of the molecule is Cc1cccc(-c2nnc(NC(=O)c3nn(C)cc3C)o2)c1. The van der Waals surface area contributed by atoms with E-state index in [2.05, 4.69) is 20.6 Å². The van der Waals surface area contributed by atoms with E-state index in [0.29, 0.717) is 11.6 Å². The molecule has 112 valence electrons. The number of aryl methyl sites for hydroxylation is 3. The van der Waals surface area contributed by atoms with Crippen molar-refractivity contribution in [3.63, 3.8) is 0 Å². The van der Waals surface area contributed by atoms with Crippen LogP contribution in [0.15, 0.2) is 34.9 Å². The number of rotatable bonds is 3. The third-order valence-corrected chi connectivity index (χ3v) is 3.14. The molecule has 0 radical (unpaired) electrons. The van der Waals surface area contributed by atoms with Crippen molar-refractivity contribution in [2.45, 2.75) is 13.8 Å². The lowest BCUT2D eigenvalue weighted by Gasteiger charge is -1.98. The molecule has 3 aromatic rings. The lowest BCUT2D eigenvalue weighted by Crippen LogP contribution is -2.14. The van der Waals surface area contributed by atoms with E-state index < -0.39 is 0 Å². The standard InChI is InChI=1S/C15H15N5O2/c1-9-5-4-6-11(7-9)14-17-18-15(22-14)16-13(21)12-10(2)8-20(3)19-12/h4-8H,1-3H3,(H,16,18,21). The van der Waals surface area contributed by atoms with Gasteiger partial charge < -0.3 is 4.42 Å². The van der Waals surface area contributed by atoms with Gasteiger partial charge in [-0.3, -0.25) is 14.8 Å². The second kappa shape index (κ2) is 5.44. The van der Waals surface area contributed by atoms with Crippen LogP contribution in [-0.4, -0.2) is 25.9 Å². The summed E-state index contributed by atoms with van der Waals surface area (Å²) in [4.78, 5) is 12.1. The summed E-state index contributed by atoms with van der Waals surface area (Å²) in [6.45, 7) is 3.79. The molecule has 0 atom stereocenters. The average molecular weight is 297 g/mol. The Morgan fingerprint density at radius 3 is 2.77 bits per heavy atom. The van der Waals surface area contributed by atoms with E-state index in [-0.39, 0.29) is 11.9 Å². The van der Waals surface area contributed by atoms with Gasteiger partial charge in [0.15, 0.2) is 5.69 Å². The zero-order valence-corrected chi connectivity index (χ0v) is 12.5. The normalized spacial score (nSPS) is 10.7. The van der Waals surface area contributed by atoms with Crippen LogP contribution in [0.5, 0.6) is 0 Å². The Bertz CT molecular complexity index is 834. The van der Waals surface area contributed by atoms with Gasteiger partial charge in [-0.2, -0.15) is 5.10 Å². The van der Waals surface area contributed by atoms with Crippen molar-refractivity contribution in [2.75, 3.05) is 5.32 Å². The van der Waals surface area contributed by atoms with Gasteiger partial charge in [0.1, 0.15) is 0 Å². The highest BCUT2D eigenvalue weighted by Gasteiger charge is 2.17. The van der Waals surface area contributed by atoms with Crippen LogP contribution in [0.1, 0.15) is 21.6 Å². The Morgan fingerprint density at radius 1 is 1.27 bits per heavy atom. The number of carbonyl (C=O) groups is 1. The van der Waals surface area contributed by atoms with Crippen LogP contribution in [0.2, 0.25) is 0 Å². The van der Waals surface area contributed by atoms with E-state index in [4.69, 9.17) is 4.42 Å². The average Bonchev–Trinajstić information content (AvgIpc) is 3.05. The highest BCUT2D eigenvalue weighted by Crippen LogP contribution is 2.21. The molecular formula is C15H15N5O2. The predicted octanol–water partition coefficient (Wildman–Crippen LogP) is 2.34.